The number of nitrogens with zero attached hydrogens (tertiary/aromatic N) is 1. The van der Waals surface area contributed by atoms with E-state index in [0.29, 0.717) is 0 Å². The molecule has 0 spiro atoms. The van der Waals surface area contributed by atoms with Gasteiger partial charge in [0.25, 0.3) is 5.69 Å². The minimum Gasteiger partial charge on any atom is -0.434 e. The van der Waals surface area contributed by atoms with Crippen molar-refractivity contribution in [2.75, 3.05) is 6.61 Å². The summed E-state index contributed by atoms with van der Waals surface area (Å²) in [4.78, 5) is 20.9. The lowest BCUT2D eigenvalue weighted by Crippen LogP contribution is -2.10. The number of nitro benzene ring substituents is 1. The maximum Gasteiger partial charge on any atom is 0.513 e. The molecular formula is C9H7Cl2NO5. The molecule has 0 aliphatic heterocycles. The molecule has 0 aromatic heterocycles. The molecule has 0 aliphatic rings. The quantitative estimate of drug-likeness (QED) is 0.367. The van der Waals surface area contributed by atoms with E-state index in [1.807, 2.05) is 0 Å². The van der Waals surface area contributed by atoms with E-state index in [0.717, 1.165) is 12.1 Å². The number of halogens is 2. The normalized spacial score (nSPS) is 9.82. The Hall–Kier alpha value is -1.53. The number of nitro groups is 1. The molecule has 0 fully saturated rings. The Labute approximate surface area is 106 Å². The number of carbonyl (C=O) groups excluding carboxylic acids is 1. The van der Waals surface area contributed by atoms with Gasteiger partial charge in [0.05, 0.1) is 22.6 Å². The van der Waals surface area contributed by atoms with Gasteiger partial charge in [-0.1, -0.05) is 23.2 Å². The predicted octanol–water partition coefficient (Wildman–Crippen LogP) is 3.44. The van der Waals surface area contributed by atoms with E-state index in [2.05, 4.69) is 9.47 Å². The highest BCUT2D eigenvalue weighted by Crippen LogP contribution is 2.35. The third-order valence-corrected chi connectivity index (χ3v) is 2.25. The molecule has 0 heterocycles. The molecule has 0 radical (unpaired) electrons. The zero-order valence-electron chi connectivity index (χ0n) is 8.61. The molecule has 0 bridgehead atoms. The Kier molecular flexibility index (Phi) is 4.53. The maximum absolute atomic E-state index is 11.0. The molecule has 17 heavy (non-hydrogen) atoms. The Morgan fingerprint density at radius 2 is 2.06 bits per heavy atom. The Bertz CT molecular complexity index is 463. The first-order chi connectivity index (χ1) is 7.95. The fourth-order valence-electron chi connectivity index (χ4n) is 0.974. The van der Waals surface area contributed by atoms with Crippen LogP contribution in [0.4, 0.5) is 10.5 Å². The number of carbonyl (C=O) groups is 1. The minimum absolute atomic E-state index is 0.0198. The largest absolute Gasteiger partial charge is 0.513 e. The molecule has 92 valence electrons. The summed E-state index contributed by atoms with van der Waals surface area (Å²) in [5, 5.41) is 10.4. The molecule has 0 saturated carbocycles. The maximum atomic E-state index is 11.0. The molecule has 0 atom stereocenters. The van der Waals surface area contributed by atoms with Gasteiger partial charge in [-0.2, -0.15) is 0 Å². The molecule has 8 heteroatoms. The van der Waals surface area contributed by atoms with Crippen LogP contribution < -0.4 is 4.74 Å². The highest BCUT2D eigenvalue weighted by atomic mass is 35.5. The number of ether oxygens (including phenoxy) is 2. The van der Waals surface area contributed by atoms with Gasteiger partial charge in [-0.25, -0.2) is 4.79 Å². The van der Waals surface area contributed by atoms with Gasteiger partial charge in [-0.15, -0.1) is 0 Å². The standard InChI is InChI=1S/C9H7Cl2NO5/c1-2-16-9(13)17-8-4-7(12(14)15)5(10)3-6(8)11/h3-4H,2H2,1H3. The van der Waals surface area contributed by atoms with Crippen LogP contribution in [0, 0.1) is 10.1 Å². The Balaban J connectivity index is 3.03. The van der Waals surface area contributed by atoms with E-state index in [1.165, 1.54) is 0 Å². The van der Waals surface area contributed by atoms with Crippen molar-refractivity contribution in [3.63, 3.8) is 0 Å². The van der Waals surface area contributed by atoms with Gasteiger partial charge in [-0.3, -0.25) is 10.1 Å². The van der Waals surface area contributed by atoms with E-state index in [9.17, 15) is 14.9 Å². The summed E-state index contributed by atoms with van der Waals surface area (Å²) in [6.07, 6.45) is -0.994. The third kappa shape index (κ3) is 3.47. The van der Waals surface area contributed by atoms with Crippen LogP contribution in [0.1, 0.15) is 6.92 Å². The fourth-order valence-corrected chi connectivity index (χ4v) is 1.46. The summed E-state index contributed by atoms with van der Waals surface area (Å²) >= 11 is 11.3. The molecule has 0 N–H and O–H groups in total. The van der Waals surface area contributed by atoms with E-state index >= 15 is 0 Å². The second-order valence-corrected chi connectivity index (χ2v) is 3.59. The van der Waals surface area contributed by atoms with Gasteiger partial charge in [-0.05, 0) is 13.0 Å². The average Bonchev–Trinajstić information content (AvgIpc) is 2.21. The van der Waals surface area contributed by atoms with Gasteiger partial charge in [0.1, 0.15) is 5.02 Å². The highest BCUT2D eigenvalue weighted by molar-refractivity contribution is 6.36. The van der Waals surface area contributed by atoms with Crippen molar-refractivity contribution in [1.82, 2.24) is 0 Å². The van der Waals surface area contributed by atoms with E-state index in [-0.39, 0.29) is 22.4 Å². The van der Waals surface area contributed by atoms with Crippen molar-refractivity contribution >= 4 is 35.0 Å². The van der Waals surface area contributed by atoms with Crippen LogP contribution >= 0.6 is 23.2 Å². The monoisotopic (exact) mass is 279 g/mol. The summed E-state index contributed by atoms with van der Waals surface area (Å²) in [6.45, 7) is 1.71. The van der Waals surface area contributed by atoms with Crippen molar-refractivity contribution in [3.8, 4) is 5.75 Å². The topological polar surface area (TPSA) is 78.7 Å². The van der Waals surface area contributed by atoms with E-state index in [1.54, 1.807) is 6.92 Å². The van der Waals surface area contributed by atoms with Gasteiger partial charge in [0, 0.05) is 0 Å². The lowest BCUT2D eigenvalue weighted by atomic mass is 10.3. The number of rotatable bonds is 3. The van der Waals surface area contributed by atoms with Gasteiger partial charge >= 0.3 is 6.16 Å². The van der Waals surface area contributed by atoms with Crippen molar-refractivity contribution in [3.05, 3.63) is 32.3 Å². The zero-order chi connectivity index (χ0) is 13.0. The van der Waals surface area contributed by atoms with Crippen LogP contribution in [-0.2, 0) is 4.74 Å². The summed E-state index contributed by atoms with van der Waals surface area (Å²) in [7, 11) is 0. The first kappa shape index (κ1) is 13.5. The van der Waals surface area contributed by atoms with E-state index in [4.69, 9.17) is 23.2 Å². The summed E-state index contributed by atoms with van der Waals surface area (Å²) < 4.78 is 9.18. The Morgan fingerprint density at radius 3 is 2.59 bits per heavy atom. The second-order valence-electron chi connectivity index (χ2n) is 2.78. The average molecular weight is 280 g/mol. The van der Waals surface area contributed by atoms with Crippen molar-refractivity contribution in [1.29, 1.82) is 0 Å². The molecule has 1 rings (SSSR count). The van der Waals surface area contributed by atoms with Crippen molar-refractivity contribution < 1.29 is 19.2 Å². The summed E-state index contributed by atoms with van der Waals surface area (Å²) in [5.41, 5.74) is -0.407. The van der Waals surface area contributed by atoms with Gasteiger partial charge < -0.3 is 9.47 Å². The lowest BCUT2D eigenvalue weighted by Gasteiger charge is -2.06. The van der Waals surface area contributed by atoms with Crippen LogP contribution in [-0.4, -0.2) is 17.7 Å². The smallest absolute Gasteiger partial charge is 0.434 e. The fraction of sp³-hybridized carbons (Fsp3) is 0.222. The second kappa shape index (κ2) is 5.70. The van der Waals surface area contributed by atoms with Gasteiger partial charge in [0.2, 0.25) is 0 Å². The first-order valence-electron chi connectivity index (χ1n) is 4.43. The highest BCUT2D eigenvalue weighted by Gasteiger charge is 2.19. The number of hydrogen-bond acceptors (Lipinski definition) is 5. The number of benzene rings is 1. The first-order valence-corrected chi connectivity index (χ1v) is 5.19. The minimum atomic E-state index is -0.994. The van der Waals surface area contributed by atoms with Crippen LogP contribution in [0.25, 0.3) is 0 Å². The summed E-state index contributed by atoms with van der Waals surface area (Å²) in [6, 6.07) is 2.08. The van der Waals surface area contributed by atoms with Crippen molar-refractivity contribution in [2.45, 2.75) is 6.92 Å². The molecular weight excluding hydrogens is 273 g/mol. The predicted molar refractivity (Wildman–Crippen MR) is 60.8 cm³/mol. The van der Waals surface area contributed by atoms with E-state index < -0.39 is 16.8 Å². The van der Waals surface area contributed by atoms with Gasteiger partial charge in [0.15, 0.2) is 5.75 Å². The third-order valence-electron chi connectivity index (χ3n) is 1.65. The molecule has 6 nitrogen and oxygen atoms in total. The van der Waals surface area contributed by atoms with Crippen LogP contribution in [0.2, 0.25) is 10.0 Å². The molecule has 1 aromatic carbocycles. The zero-order valence-corrected chi connectivity index (χ0v) is 10.1. The number of hydrogen-bond donors (Lipinski definition) is 0. The molecule has 0 aliphatic carbocycles. The molecule has 0 saturated heterocycles. The SMILES string of the molecule is CCOC(=O)Oc1cc([N+](=O)[O-])c(Cl)cc1Cl. The molecule has 1 aromatic rings. The summed E-state index contributed by atoms with van der Waals surface area (Å²) in [5.74, 6) is -0.179. The molecule has 0 unspecified atom stereocenters. The van der Waals surface area contributed by atoms with Crippen LogP contribution in [0.3, 0.4) is 0 Å². The van der Waals surface area contributed by atoms with Crippen molar-refractivity contribution in [2.24, 2.45) is 0 Å². The molecule has 0 amide bonds. The van der Waals surface area contributed by atoms with Crippen LogP contribution in [0.5, 0.6) is 5.75 Å². The Morgan fingerprint density at radius 1 is 1.41 bits per heavy atom. The van der Waals surface area contributed by atoms with Crippen LogP contribution in [0.15, 0.2) is 12.1 Å². The lowest BCUT2D eigenvalue weighted by molar-refractivity contribution is -0.384.